The highest BCUT2D eigenvalue weighted by Gasteiger charge is 2.07. The molecule has 1 aromatic carbocycles. The van der Waals surface area contributed by atoms with Crippen LogP contribution in [0.5, 0.6) is 11.5 Å². The van der Waals surface area contributed by atoms with E-state index < -0.39 is 0 Å². The summed E-state index contributed by atoms with van der Waals surface area (Å²) in [6.45, 7) is 0.297. The SMILES string of the molecule is COCc1nc(N)cc(Nc2ccc(OC)c(OC)c2)n1. The molecule has 7 heteroatoms. The second-order valence-electron chi connectivity index (χ2n) is 4.22. The Morgan fingerprint density at radius 2 is 1.81 bits per heavy atom. The Morgan fingerprint density at radius 1 is 1.05 bits per heavy atom. The molecule has 0 fully saturated rings. The monoisotopic (exact) mass is 290 g/mol. The number of nitrogens with zero attached hydrogens (tertiary/aromatic N) is 2. The third-order valence-corrected chi connectivity index (χ3v) is 2.72. The van der Waals surface area contributed by atoms with E-state index in [1.807, 2.05) is 18.2 Å². The van der Waals surface area contributed by atoms with Gasteiger partial charge in [-0.2, -0.15) is 0 Å². The Morgan fingerprint density at radius 3 is 2.48 bits per heavy atom. The first-order chi connectivity index (χ1) is 10.2. The number of ether oxygens (including phenoxy) is 3. The minimum Gasteiger partial charge on any atom is -0.493 e. The number of nitrogen functional groups attached to an aromatic ring is 1. The van der Waals surface area contributed by atoms with Crippen molar-refractivity contribution in [1.29, 1.82) is 0 Å². The van der Waals surface area contributed by atoms with Gasteiger partial charge in [0.25, 0.3) is 0 Å². The van der Waals surface area contributed by atoms with Gasteiger partial charge in [0, 0.05) is 24.9 Å². The van der Waals surface area contributed by atoms with Gasteiger partial charge in [-0.25, -0.2) is 9.97 Å². The number of methoxy groups -OCH3 is 3. The van der Waals surface area contributed by atoms with Crippen molar-refractivity contribution in [2.75, 3.05) is 32.4 Å². The molecule has 0 aliphatic heterocycles. The number of hydrogen-bond acceptors (Lipinski definition) is 7. The number of rotatable bonds is 6. The molecule has 0 saturated heterocycles. The van der Waals surface area contributed by atoms with E-state index in [0.717, 1.165) is 5.69 Å². The fraction of sp³-hybridized carbons (Fsp3) is 0.286. The summed E-state index contributed by atoms with van der Waals surface area (Å²) >= 11 is 0. The van der Waals surface area contributed by atoms with Gasteiger partial charge in [0.05, 0.1) is 14.2 Å². The summed E-state index contributed by atoms with van der Waals surface area (Å²) in [5.41, 5.74) is 6.55. The van der Waals surface area contributed by atoms with Crippen molar-refractivity contribution in [3.05, 3.63) is 30.1 Å². The van der Waals surface area contributed by atoms with Gasteiger partial charge < -0.3 is 25.3 Å². The lowest BCUT2D eigenvalue weighted by Gasteiger charge is -2.11. The number of aromatic nitrogens is 2. The maximum Gasteiger partial charge on any atom is 0.162 e. The largest absolute Gasteiger partial charge is 0.493 e. The molecule has 2 rings (SSSR count). The fourth-order valence-corrected chi connectivity index (χ4v) is 1.84. The smallest absolute Gasteiger partial charge is 0.162 e. The predicted molar refractivity (Wildman–Crippen MR) is 80.0 cm³/mol. The van der Waals surface area contributed by atoms with Crippen LogP contribution in [-0.2, 0) is 11.3 Å². The van der Waals surface area contributed by atoms with Crippen LogP contribution < -0.4 is 20.5 Å². The van der Waals surface area contributed by atoms with E-state index in [-0.39, 0.29) is 0 Å². The molecular formula is C14H18N4O3. The Bertz CT molecular complexity index is 619. The van der Waals surface area contributed by atoms with Crippen LogP contribution >= 0.6 is 0 Å². The van der Waals surface area contributed by atoms with Crippen molar-refractivity contribution in [2.24, 2.45) is 0 Å². The molecule has 112 valence electrons. The molecule has 7 nitrogen and oxygen atoms in total. The predicted octanol–water partition coefficient (Wildman–Crippen LogP) is 1.97. The number of nitrogens with one attached hydrogen (secondary N) is 1. The zero-order valence-corrected chi connectivity index (χ0v) is 12.2. The number of hydrogen-bond donors (Lipinski definition) is 2. The van der Waals surface area contributed by atoms with Crippen LogP contribution in [0.2, 0.25) is 0 Å². The third-order valence-electron chi connectivity index (χ3n) is 2.72. The van der Waals surface area contributed by atoms with Crippen molar-refractivity contribution in [3.63, 3.8) is 0 Å². The zero-order chi connectivity index (χ0) is 15.2. The summed E-state index contributed by atoms with van der Waals surface area (Å²) in [5, 5.41) is 3.15. The van der Waals surface area contributed by atoms with Crippen molar-refractivity contribution in [3.8, 4) is 11.5 Å². The molecule has 0 saturated carbocycles. The van der Waals surface area contributed by atoms with Gasteiger partial charge in [-0.15, -0.1) is 0 Å². The molecule has 1 aromatic heterocycles. The van der Waals surface area contributed by atoms with E-state index in [1.165, 1.54) is 0 Å². The Balaban J connectivity index is 2.25. The molecule has 0 amide bonds. The van der Waals surface area contributed by atoms with E-state index in [2.05, 4.69) is 15.3 Å². The highest BCUT2D eigenvalue weighted by Crippen LogP contribution is 2.30. The highest BCUT2D eigenvalue weighted by molar-refractivity contribution is 5.62. The molecule has 0 aliphatic carbocycles. The average Bonchev–Trinajstić information content (AvgIpc) is 2.46. The molecule has 0 unspecified atom stereocenters. The summed E-state index contributed by atoms with van der Waals surface area (Å²) in [6, 6.07) is 7.13. The van der Waals surface area contributed by atoms with Gasteiger partial charge in [0.2, 0.25) is 0 Å². The number of nitrogens with two attached hydrogens (primary N) is 1. The lowest BCUT2D eigenvalue weighted by atomic mass is 10.2. The first kappa shape index (κ1) is 14.9. The Labute approximate surface area is 123 Å². The summed E-state index contributed by atoms with van der Waals surface area (Å²) in [7, 11) is 4.75. The van der Waals surface area contributed by atoms with Crippen LogP contribution in [0.1, 0.15) is 5.82 Å². The van der Waals surface area contributed by atoms with Crippen molar-refractivity contribution in [2.45, 2.75) is 6.61 Å². The fourth-order valence-electron chi connectivity index (χ4n) is 1.84. The standard InChI is InChI=1S/C14H18N4O3/c1-19-8-14-17-12(15)7-13(18-14)16-9-4-5-10(20-2)11(6-9)21-3/h4-7H,8H2,1-3H3,(H3,15,16,17,18). The minimum atomic E-state index is 0.297. The summed E-state index contributed by atoms with van der Waals surface area (Å²) < 4.78 is 15.5. The molecule has 0 spiro atoms. The maximum atomic E-state index is 5.75. The lowest BCUT2D eigenvalue weighted by Crippen LogP contribution is -2.04. The molecule has 0 radical (unpaired) electrons. The topological polar surface area (TPSA) is 91.5 Å². The van der Waals surface area contributed by atoms with Gasteiger partial charge in [0.1, 0.15) is 18.2 Å². The first-order valence-electron chi connectivity index (χ1n) is 6.27. The van der Waals surface area contributed by atoms with Crippen molar-refractivity contribution < 1.29 is 14.2 Å². The van der Waals surface area contributed by atoms with Crippen LogP contribution in [-0.4, -0.2) is 31.3 Å². The quantitative estimate of drug-likeness (QED) is 0.840. The Kier molecular flexibility index (Phi) is 4.78. The summed E-state index contributed by atoms with van der Waals surface area (Å²) in [4.78, 5) is 8.40. The third kappa shape index (κ3) is 3.73. The summed E-state index contributed by atoms with van der Waals surface area (Å²) in [6.07, 6.45) is 0. The number of benzene rings is 1. The van der Waals surface area contributed by atoms with Gasteiger partial charge in [-0.05, 0) is 12.1 Å². The van der Waals surface area contributed by atoms with E-state index >= 15 is 0 Å². The van der Waals surface area contributed by atoms with E-state index in [0.29, 0.717) is 35.6 Å². The van der Waals surface area contributed by atoms with Crippen LogP contribution in [0.4, 0.5) is 17.3 Å². The molecule has 2 aromatic rings. The van der Waals surface area contributed by atoms with Crippen molar-refractivity contribution in [1.82, 2.24) is 9.97 Å². The molecule has 0 aliphatic rings. The van der Waals surface area contributed by atoms with E-state index in [9.17, 15) is 0 Å². The van der Waals surface area contributed by atoms with E-state index in [4.69, 9.17) is 19.9 Å². The Hall–Kier alpha value is -2.54. The van der Waals surface area contributed by atoms with Crippen LogP contribution in [0, 0.1) is 0 Å². The molecule has 0 atom stereocenters. The first-order valence-corrected chi connectivity index (χ1v) is 6.27. The average molecular weight is 290 g/mol. The van der Waals surface area contributed by atoms with Crippen molar-refractivity contribution >= 4 is 17.3 Å². The normalized spacial score (nSPS) is 10.2. The van der Waals surface area contributed by atoms with Crippen LogP contribution in [0.15, 0.2) is 24.3 Å². The van der Waals surface area contributed by atoms with Gasteiger partial charge >= 0.3 is 0 Å². The second kappa shape index (κ2) is 6.76. The molecular weight excluding hydrogens is 272 g/mol. The van der Waals surface area contributed by atoms with Gasteiger partial charge in [-0.3, -0.25) is 0 Å². The van der Waals surface area contributed by atoms with Crippen LogP contribution in [0.25, 0.3) is 0 Å². The summed E-state index contributed by atoms with van der Waals surface area (Å²) in [5.74, 6) is 2.76. The molecule has 1 heterocycles. The molecule has 0 bridgehead atoms. The lowest BCUT2D eigenvalue weighted by molar-refractivity contribution is 0.178. The van der Waals surface area contributed by atoms with E-state index in [1.54, 1.807) is 27.4 Å². The molecule has 21 heavy (non-hydrogen) atoms. The highest BCUT2D eigenvalue weighted by atomic mass is 16.5. The zero-order valence-electron chi connectivity index (χ0n) is 12.2. The minimum absolute atomic E-state index is 0.297. The van der Waals surface area contributed by atoms with Crippen LogP contribution in [0.3, 0.4) is 0 Å². The second-order valence-corrected chi connectivity index (χ2v) is 4.22. The van der Waals surface area contributed by atoms with Gasteiger partial charge in [0.15, 0.2) is 17.3 Å². The van der Waals surface area contributed by atoms with Gasteiger partial charge in [-0.1, -0.05) is 0 Å². The maximum absolute atomic E-state index is 5.75. The molecule has 3 N–H and O–H groups in total. The number of anilines is 3.